The smallest absolute Gasteiger partial charge is 0.213 e. The maximum absolute atomic E-state index is 13.4. The van der Waals surface area contributed by atoms with Crippen molar-refractivity contribution >= 4 is 27.3 Å². The van der Waals surface area contributed by atoms with Crippen molar-refractivity contribution in [3.8, 4) is 17.2 Å². The average molecular weight is 398 g/mol. The van der Waals surface area contributed by atoms with Crippen molar-refractivity contribution in [3.63, 3.8) is 0 Å². The lowest BCUT2D eigenvalue weighted by atomic mass is 10.0. The number of hydrogen-bond donors (Lipinski definition) is 0. The molecule has 146 valence electrons. The summed E-state index contributed by atoms with van der Waals surface area (Å²) in [4.78, 5) is 22.9. The highest BCUT2D eigenvalue weighted by atomic mass is 32.1. The van der Waals surface area contributed by atoms with Crippen LogP contribution in [0.15, 0.2) is 23.6 Å². The van der Waals surface area contributed by atoms with Crippen molar-refractivity contribution in [1.82, 2.24) is 9.97 Å². The molecule has 28 heavy (non-hydrogen) atoms. The van der Waals surface area contributed by atoms with Gasteiger partial charge in [0.15, 0.2) is 11.5 Å². The Morgan fingerprint density at radius 1 is 1.04 bits per heavy atom. The molecule has 1 fully saturated rings. The first-order chi connectivity index (χ1) is 13.7. The van der Waals surface area contributed by atoms with Crippen LogP contribution in [-0.2, 0) is 0 Å². The van der Waals surface area contributed by atoms with Gasteiger partial charge < -0.3 is 14.2 Å². The Balaban J connectivity index is 1.83. The first-order valence-electron chi connectivity index (χ1n) is 9.26. The van der Waals surface area contributed by atoms with Crippen LogP contribution in [0.1, 0.15) is 53.5 Å². The van der Waals surface area contributed by atoms with Crippen LogP contribution in [0.3, 0.4) is 0 Å². The van der Waals surface area contributed by atoms with Crippen molar-refractivity contribution in [2.24, 2.45) is 0 Å². The van der Waals surface area contributed by atoms with Gasteiger partial charge >= 0.3 is 0 Å². The highest BCUT2D eigenvalue weighted by Gasteiger charge is 2.25. The number of rotatable bonds is 6. The van der Waals surface area contributed by atoms with E-state index >= 15 is 0 Å². The molecule has 2 heterocycles. The van der Waals surface area contributed by atoms with Crippen molar-refractivity contribution in [1.29, 1.82) is 0 Å². The molecule has 0 aliphatic heterocycles. The van der Waals surface area contributed by atoms with Crippen LogP contribution in [0, 0.1) is 0 Å². The molecule has 2 aromatic heterocycles. The fourth-order valence-corrected chi connectivity index (χ4v) is 4.57. The zero-order valence-electron chi connectivity index (χ0n) is 16.2. The SMILES string of the molecule is COc1cc(C(=O)c2nc(C3CCCC3)nc3ccsc23)cc(OC)c1OC. The van der Waals surface area contributed by atoms with Crippen molar-refractivity contribution in [2.45, 2.75) is 31.6 Å². The van der Waals surface area contributed by atoms with Gasteiger partial charge in [-0.15, -0.1) is 11.3 Å². The molecule has 0 amide bonds. The molecule has 1 aliphatic rings. The highest BCUT2D eigenvalue weighted by molar-refractivity contribution is 7.17. The van der Waals surface area contributed by atoms with Crippen LogP contribution in [0.25, 0.3) is 10.2 Å². The van der Waals surface area contributed by atoms with Crippen molar-refractivity contribution < 1.29 is 19.0 Å². The van der Waals surface area contributed by atoms with Crippen LogP contribution in [-0.4, -0.2) is 37.1 Å². The van der Waals surface area contributed by atoms with E-state index < -0.39 is 0 Å². The molecule has 0 bridgehead atoms. The second-order valence-corrected chi connectivity index (χ2v) is 7.71. The topological polar surface area (TPSA) is 70.5 Å². The van der Waals surface area contributed by atoms with Gasteiger partial charge in [0.05, 0.1) is 31.5 Å². The normalized spacial score (nSPS) is 14.4. The second-order valence-electron chi connectivity index (χ2n) is 6.79. The molecule has 3 aromatic rings. The Morgan fingerprint density at radius 3 is 2.32 bits per heavy atom. The number of benzene rings is 1. The molecule has 0 radical (unpaired) electrons. The van der Waals surface area contributed by atoms with Crippen LogP contribution in [0.4, 0.5) is 0 Å². The van der Waals surface area contributed by atoms with Crippen LogP contribution >= 0.6 is 11.3 Å². The van der Waals surface area contributed by atoms with E-state index in [2.05, 4.69) is 0 Å². The van der Waals surface area contributed by atoms with E-state index in [1.165, 1.54) is 45.5 Å². The summed E-state index contributed by atoms with van der Waals surface area (Å²) < 4.78 is 17.0. The number of ether oxygens (including phenoxy) is 3. The zero-order chi connectivity index (χ0) is 19.7. The lowest BCUT2D eigenvalue weighted by Gasteiger charge is -2.14. The molecule has 0 atom stereocenters. The quantitative estimate of drug-likeness (QED) is 0.565. The minimum Gasteiger partial charge on any atom is -0.493 e. The Hall–Kier alpha value is -2.67. The number of fused-ring (bicyclic) bond motifs is 1. The number of carbonyl (C=O) groups excluding carboxylic acids is 1. The number of thiophene rings is 1. The van der Waals surface area contributed by atoms with Gasteiger partial charge in [0.1, 0.15) is 11.5 Å². The molecule has 1 aromatic carbocycles. The number of aromatic nitrogens is 2. The molecule has 7 heteroatoms. The van der Waals surface area contributed by atoms with Crippen LogP contribution < -0.4 is 14.2 Å². The minimum absolute atomic E-state index is 0.173. The predicted molar refractivity (Wildman–Crippen MR) is 108 cm³/mol. The maximum atomic E-state index is 13.4. The number of hydrogen-bond acceptors (Lipinski definition) is 7. The summed E-state index contributed by atoms with van der Waals surface area (Å²) in [5.41, 5.74) is 1.72. The minimum atomic E-state index is -0.173. The molecule has 1 saturated carbocycles. The van der Waals surface area contributed by atoms with Crippen molar-refractivity contribution in [2.75, 3.05) is 21.3 Å². The standard InChI is InChI=1S/C21H22N2O4S/c1-25-15-10-13(11-16(26-2)19(15)27-3)18(24)17-20-14(8-9-28-20)22-21(23-17)12-6-4-5-7-12/h8-12H,4-7H2,1-3H3. The predicted octanol–water partition coefficient (Wildman–Crippen LogP) is 4.61. The number of ketones is 1. The summed E-state index contributed by atoms with van der Waals surface area (Å²) in [6.45, 7) is 0. The highest BCUT2D eigenvalue weighted by Crippen LogP contribution is 2.39. The third-order valence-electron chi connectivity index (χ3n) is 5.18. The Morgan fingerprint density at radius 2 is 1.71 bits per heavy atom. The fraction of sp³-hybridized carbons (Fsp3) is 0.381. The van der Waals surface area contributed by atoms with Crippen LogP contribution in [0.2, 0.25) is 0 Å². The summed E-state index contributed by atoms with van der Waals surface area (Å²) >= 11 is 1.48. The molecule has 6 nitrogen and oxygen atoms in total. The van der Waals surface area contributed by atoms with Gasteiger partial charge in [0, 0.05) is 11.5 Å². The maximum Gasteiger partial charge on any atom is 0.213 e. The van der Waals surface area contributed by atoms with Crippen LogP contribution in [0.5, 0.6) is 17.2 Å². The van der Waals surface area contributed by atoms with E-state index in [-0.39, 0.29) is 5.78 Å². The van der Waals surface area contributed by atoms with Gasteiger partial charge in [-0.2, -0.15) is 0 Å². The molecule has 0 spiro atoms. The van der Waals surface area contributed by atoms with Gasteiger partial charge in [-0.3, -0.25) is 4.79 Å². The lowest BCUT2D eigenvalue weighted by Crippen LogP contribution is -2.10. The van der Waals surface area contributed by atoms with Crippen molar-refractivity contribution in [3.05, 3.63) is 40.7 Å². The largest absolute Gasteiger partial charge is 0.493 e. The Kier molecular flexibility index (Phi) is 5.17. The molecule has 0 saturated heterocycles. The van der Waals surface area contributed by atoms with E-state index in [1.807, 2.05) is 11.4 Å². The molecule has 4 rings (SSSR count). The van der Waals surface area contributed by atoms with E-state index in [1.54, 1.807) is 12.1 Å². The van der Waals surface area contributed by atoms with Gasteiger partial charge in [0.25, 0.3) is 0 Å². The number of carbonyl (C=O) groups is 1. The molecular formula is C21H22N2O4S. The molecule has 1 aliphatic carbocycles. The van der Waals surface area contributed by atoms with E-state index in [0.717, 1.165) is 28.9 Å². The van der Waals surface area contributed by atoms with Gasteiger partial charge in [0.2, 0.25) is 11.5 Å². The Bertz CT molecular complexity index is 999. The van der Waals surface area contributed by atoms with Gasteiger partial charge in [-0.1, -0.05) is 12.8 Å². The lowest BCUT2D eigenvalue weighted by molar-refractivity contribution is 0.103. The third kappa shape index (κ3) is 3.20. The first kappa shape index (κ1) is 18.7. The summed E-state index contributed by atoms with van der Waals surface area (Å²) in [5, 5.41) is 1.95. The molecule has 0 unspecified atom stereocenters. The van der Waals surface area contributed by atoms with E-state index in [0.29, 0.717) is 34.4 Å². The van der Waals surface area contributed by atoms with Gasteiger partial charge in [-0.25, -0.2) is 9.97 Å². The Labute approximate surface area is 167 Å². The first-order valence-corrected chi connectivity index (χ1v) is 10.1. The molecular weight excluding hydrogens is 376 g/mol. The van der Waals surface area contributed by atoms with E-state index in [4.69, 9.17) is 24.2 Å². The average Bonchev–Trinajstić information content (AvgIpc) is 3.42. The summed E-state index contributed by atoms with van der Waals surface area (Å²) in [7, 11) is 4.60. The van der Waals surface area contributed by atoms with Gasteiger partial charge in [-0.05, 0) is 36.4 Å². The van der Waals surface area contributed by atoms with E-state index in [9.17, 15) is 4.79 Å². The zero-order valence-corrected chi connectivity index (χ0v) is 17.0. The third-order valence-corrected chi connectivity index (χ3v) is 6.09. The fourth-order valence-electron chi connectivity index (χ4n) is 3.75. The second kappa shape index (κ2) is 7.75. The summed E-state index contributed by atoms with van der Waals surface area (Å²) in [5.74, 6) is 2.27. The monoisotopic (exact) mass is 398 g/mol. The summed E-state index contributed by atoms with van der Waals surface area (Å²) in [6, 6.07) is 5.28. The summed E-state index contributed by atoms with van der Waals surface area (Å²) in [6.07, 6.45) is 4.53. The number of methoxy groups -OCH3 is 3. The molecule has 0 N–H and O–H groups in total. The number of nitrogens with zero attached hydrogens (tertiary/aromatic N) is 2.